The molecule has 1 heterocycles. The van der Waals surface area contributed by atoms with Gasteiger partial charge in [-0.05, 0) is 25.1 Å². The molecule has 0 aliphatic rings. The summed E-state index contributed by atoms with van der Waals surface area (Å²) >= 11 is 0. The first-order valence-electron chi connectivity index (χ1n) is 5.14. The zero-order chi connectivity index (χ0) is 12.4. The van der Waals surface area contributed by atoms with Crippen LogP contribution in [0.3, 0.4) is 0 Å². The molecule has 0 aliphatic carbocycles. The topological polar surface area (TPSA) is 65.2 Å². The predicted octanol–water partition coefficient (Wildman–Crippen LogP) is 2.13. The van der Waals surface area contributed by atoms with E-state index >= 15 is 0 Å². The number of hydrogen-bond acceptors (Lipinski definition) is 4. The molecule has 0 saturated carbocycles. The van der Waals surface area contributed by atoms with Gasteiger partial charge in [0.15, 0.2) is 0 Å². The van der Waals surface area contributed by atoms with Crippen LogP contribution in [-0.4, -0.2) is 17.6 Å². The van der Waals surface area contributed by atoms with Gasteiger partial charge in [0.1, 0.15) is 11.4 Å². The Kier molecular flexibility index (Phi) is 2.91. The summed E-state index contributed by atoms with van der Waals surface area (Å²) in [4.78, 5) is 15.6. The van der Waals surface area contributed by atoms with Gasteiger partial charge in [-0.25, -0.2) is 9.18 Å². The summed E-state index contributed by atoms with van der Waals surface area (Å²) in [5, 5.41) is 0.413. The van der Waals surface area contributed by atoms with Crippen LogP contribution in [0.4, 0.5) is 10.1 Å². The molecular formula is C12H11FN2O2. The van der Waals surface area contributed by atoms with Crippen molar-refractivity contribution in [1.29, 1.82) is 0 Å². The summed E-state index contributed by atoms with van der Waals surface area (Å²) in [5.41, 5.74) is 6.70. The van der Waals surface area contributed by atoms with Crippen molar-refractivity contribution in [2.45, 2.75) is 6.92 Å². The van der Waals surface area contributed by atoms with Crippen LogP contribution in [0.5, 0.6) is 0 Å². The second-order valence-corrected chi connectivity index (χ2v) is 3.47. The Morgan fingerprint density at radius 1 is 1.53 bits per heavy atom. The van der Waals surface area contributed by atoms with E-state index in [1.54, 1.807) is 6.92 Å². The smallest absolute Gasteiger partial charge is 0.341 e. The maximum Gasteiger partial charge on any atom is 0.341 e. The van der Waals surface area contributed by atoms with Crippen molar-refractivity contribution in [3.8, 4) is 0 Å². The summed E-state index contributed by atoms with van der Waals surface area (Å²) in [7, 11) is 0. The number of benzene rings is 1. The summed E-state index contributed by atoms with van der Waals surface area (Å²) in [6.45, 7) is 1.95. The van der Waals surface area contributed by atoms with Gasteiger partial charge >= 0.3 is 5.97 Å². The van der Waals surface area contributed by atoms with Crippen molar-refractivity contribution in [2.24, 2.45) is 0 Å². The van der Waals surface area contributed by atoms with Crippen molar-refractivity contribution in [2.75, 3.05) is 12.3 Å². The summed E-state index contributed by atoms with van der Waals surface area (Å²) in [5.74, 6) is -0.976. The van der Waals surface area contributed by atoms with Gasteiger partial charge in [-0.2, -0.15) is 0 Å². The highest BCUT2D eigenvalue weighted by Gasteiger charge is 2.14. The number of anilines is 1. The molecule has 0 saturated heterocycles. The lowest BCUT2D eigenvalue weighted by Gasteiger charge is -2.07. The third kappa shape index (κ3) is 2.04. The molecule has 0 fully saturated rings. The maximum absolute atomic E-state index is 13.1. The number of ether oxygens (including phenoxy) is 1. The number of esters is 1. The molecule has 2 aromatic rings. The van der Waals surface area contributed by atoms with E-state index in [-0.39, 0.29) is 17.9 Å². The van der Waals surface area contributed by atoms with Crippen LogP contribution in [0.2, 0.25) is 0 Å². The van der Waals surface area contributed by atoms with Crippen LogP contribution in [0.25, 0.3) is 10.9 Å². The van der Waals surface area contributed by atoms with E-state index in [0.717, 1.165) is 0 Å². The van der Waals surface area contributed by atoms with Crippen LogP contribution >= 0.6 is 0 Å². The van der Waals surface area contributed by atoms with Gasteiger partial charge in [0.25, 0.3) is 0 Å². The maximum atomic E-state index is 13.1. The van der Waals surface area contributed by atoms with Gasteiger partial charge < -0.3 is 10.5 Å². The normalized spacial score (nSPS) is 10.5. The molecule has 0 spiro atoms. The Morgan fingerprint density at radius 2 is 2.29 bits per heavy atom. The first kappa shape index (κ1) is 11.3. The third-order valence-corrected chi connectivity index (χ3v) is 2.37. The molecule has 1 aromatic heterocycles. The number of nitrogen functional groups attached to an aromatic ring is 1. The fraction of sp³-hybridized carbons (Fsp3) is 0.167. The van der Waals surface area contributed by atoms with E-state index in [1.807, 2.05) is 0 Å². The quantitative estimate of drug-likeness (QED) is 0.808. The molecule has 88 valence electrons. The Morgan fingerprint density at radius 3 is 3.00 bits per heavy atom. The summed E-state index contributed by atoms with van der Waals surface area (Å²) in [6.07, 6.45) is 1.34. The van der Waals surface area contributed by atoms with Gasteiger partial charge in [0.05, 0.1) is 17.8 Å². The van der Waals surface area contributed by atoms with Crippen LogP contribution < -0.4 is 5.73 Å². The van der Waals surface area contributed by atoms with E-state index in [0.29, 0.717) is 10.9 Å². The standard InChI is InChI=1S/C12H11FN2O2/c1-2-17-12(16)9-6-15-10-4-3-7(13)5-8(10)11(9)14/h3-6H,2H2,1H3,(H2,14,15). The first-order chi connectivity index (χ1) is 8.13. The number of nitrogens with two attached hydrogens (primary N) is 1. The highest BCUT2D eigenvalue weighted by molar-refractivity contribution is 6.03. The number of rotatable bonds is 2. The average Bonchev–Trinajstić information content (AvgIpc) is 2.30. The molecule has 2 rings (SSSR count). The lowest BCUT2D eigenvalue weighted by Crippen LogP contribution is -2.09. The minimum Gasteiger partial charge on any atom is -0.462 e. The monoisotopic (exact) mass is 234 g/mol. The van der Waals surface area contributed by atoms with Crippen LogP contribution in [0.15, 0.2) is 24.4 Å². The average molecular weight is 234 g/mol. The van der Waals surface area contributed by atoms with Gasteiger partial charge in [0.2, 0.25) is 0 Å². The fourth-order valence-corrected chi connectivity index (χ4v) is 1.56. The summed E-state index contributed by atoms with van der Waals surface area (Å²) in [6, 6.07) is 4.05. The number of halogens is 1. The van der Waals surface area contributed by atoms with E-state index in [1.165, 1.54) is 24.4 Å². The zero-order valence-corrected chi connectivity index (χ0v) is 9.24. The second-order valence-electron chi connectivity index (χ2n) is 3.47. The van der Waals surface area contributed by atoms with Crippen LogP contribution in [-0.2, 0) is 4.74 Å². The molecule has 1 aromatic carbocycles. The molecule has 17 heavy (non-hydrogen) atoms. The molecule has 0 radical (unpaired) electrons. The molecule has 2 N–H and O–H groups in total. The molecular weight excluding hydrogens is 223 g/mol. The predicted molar refractivity (Wildman–Crippen MR) is 62.1 cm³/mol. The highest BCUT2D eigenvalue weighted by Crippen LogP contribution is 2.24. The van der Waals surface area contributed by atoms with E-state index in [2.05, 4.69) is 4.98 Å². The Labute approximate surface area is 97.2 Å². The van der Waals surface area contributed by atoms with Crippen molar-refractivity contribution in [1.82, 2.24) is 4.98 Å². The van der Waals surface area contributed by atoms with Crippen molar-refractivity contribution >= 4 is 22.6 Å². The van der Waals surface area contributed by atoms with Crippen molar-refractivity contribution < 1.29 is 13.9 Å². The lowest BCUT2D eigenvalue weighted by molar-refractivity contribution is 0.0527. The lowest BCUT2D eigenvalue weighted by atomic mass is 10.1. The Bertz CT molecular complexity index is 584. The van der Waals surface area contributed by atoms with E-state index in [4.69, 9.17) is 10.5 Å². The molecule has 4 nitrogen and oxygen atoms in total. The van der Waals surface area contributed by atoms with Crippen LogP contribution in [0, 0.1) is 5.82 Å². The Hall–Kier alpha value is -2.17. The fourth-order valence-electron chi connectivity index (χ4n) is 1.56. The molecule has 5 heteroatoms. The number of aromatic nitrogens is 1. The van der Waals surface area contributed by atoms with Gasteiger partial charge in [-0.1, -0.05) is 0 Å². The van der Waals surface area contributed by atoms with E-state index < -0.39 is 11.8 Å². The molecule has 0 amide bonds. The first-order valence-corrected chi connectivity index (χ1v) is 5.14. The Balaban J connectivity index is 2.60. The number of carbonyl (C=O) groups is 1. The number of nitrogens with zero attached hydrogens (tertiary/aromatic N) is 1. The largest absolute Gasteiger partial charge is 0.462 e. The summed E-state index contributed by atoms with van der Waals surface area (Å²) < 4.78 is 17.9. The molecule has 0 aliphatic heterocycles. The minimum atomic E-state index is -0.552. The SMILES string of the molecule is CCOC(=O)c1cnc2ccc(F)cc2c1N. The van der Waals surface area contributed by atoms with Gasteiger partial charge in [-0.15, -0.1) is 0 Å². The zero-order valence-electron chi connectivity index (χ0n) is 9.24. The molecule has 0 unspecified atom stereocenters. The van der Waals surface area contributed by atoms with Gasteiger partial charge in [0, 0.05) is 11.6 Å². The number of carbonyl (C=O) groups excluding carboxylic acids is 1. The second kappa shape index (κ2) is 4.37. The molecule has 0 atom stereocenters. The third-order valence-electron chi connectivity index (χ3n) is 2.37. The number of pyridine rings is 1. The minimum absolute atomic E-state index is 0.157. The van der Waals surface area contributed by atoms with Crippen molar-refractivity contribution in [3.05, 3.63) is 35.8 Å². The number of hydrogen-bond donors (Lipinski definition) is 1. The molecule has 0 bridgehead atoms. The van der Waals surface area contributed by atoms with Crippen LogP contribution in [0.1, 0.15) is 17.3 Å². The van der Waals surface area contributed by atoms with Crippen molar-refractivity contribution in [3.63, 3.8) is 0 Å². The van der Waals surface area contributed by atoms with Gasteiger partial charge in [-0.3, -0.25) is 4.98 Å². The number of fused-ring (bicyclic) bond motifs is 1. The highest BCUT2D eigenvalue weighted by atomic mass is 19.1. The van der Waals surface area contributed by atoms with E-state index in [9.17, 15) is 9.18 Å².